The summed E-state index contributed by atoms with van der Waals surface area (Å²) >= 11 is 1.42. The highest BCUT2D eigenvalue weighted by atomic mass is 32.1. The Morgan fingerprint density at radius 1 is 1.44 bits per heavy atom. The van der Waals surface area contributed by atoms with Crippen molar-refractivity contribution in [1.29, 1.82) is 0 Å². The molecule has 2 aromatic heterocycles. The Morgan fingerprint density at radius 3 is 2.96 bits per heavy atom. The van der Waals surface area contributed by atoms with Gasteiger partial charge < -0.3 is 14.8 Å². The van der Waals surface area contributed by atoms with Crippen molar-refractivity contribution in [3.8, 4) is 11.5 Å². The van der Waals surface area contributed by atoms with Crippen molar-refractivity contribution in [2.75, 3.05) is 7.11 Å². The zero-order valence-corrected chi connectivity index (χ0v) is 15.8. The third-order valence-electron chi connectivity index (χ3n) is 4.04. The fourth-order valence-corrected chi connectivity index (χ4v) is 3.56. The molecule has 0 fully saturated rings. The minimum atomic E-state index is -0.443. The van der Waals surface area contributed by atoms with E-state index in [-0.39, 0.29) is 23.6 Å². The SMILES string of the molecule is COc1ccc(O)c(/C=N/NC(=O)Cc2nc3sc(C)c(C)c3c(=O)[nH]2)c1. The minimum Gasteiger partial charge on any atom is -0.507 e. The number of thiophene rings is 1. The molecule has 1 aromatic carbocycles. The highest BCUT2D eigenvalue weighted by Crippen LogP contribution is 2.25. The maximum absolute atomic E-state index is 12.2. The van der Waals surface area contributed by atoms with E-state index in [1.165, 1.54) is 30.7 Å². The number of carbonyl (C=O) groups excluding carboxylic acids is 1. The summed E-state index contributed by atoms with van der Waals surface area (Å²) in [5.74, 6) is 0.387. The molecule has 9 heteroatoms. The topological polar surface area (TPSA) is 117 Å². The number of rotatable bonds is 5. The third-order valence-corrected chi connectivity index (χ3v) is 5.14. The first-order valence-electron chi connectivity index (χ1n) is 8.07. The number of methoxy groups -OCH3 is 1. The molecule has 8 nitrogen and oxygen atoms in total. The van der Waals surface area contributed by atoms with Gasteiger partial charge in [-0.3, -0.25) is 9.59 Å². The maximum atomic E-state index is 12.2. The Hall–Kier alpha value is -3.20. The van der Waals surface area contributed by atoms with Crippen molar-refractivity contribution in [1.82, 2.24) is 15.4 Å². The van der Waals surface area contributed by atoms with E-state index in [1.807, 2.05) is 13.8 Å². The van der Waals surface area contributed by atoms with Crippen molar-refractivity contribution in [3.05, 3.63) is 50.4 Å². The van der Waals surface area contributed by atoms with Gasteiger partial charge in [0.1, 0.15) is 22.2 Å². The van der Waals surface area contributed by atoms with Crippen molar-refractivity contribution in [2.24, 2.45) is 5.10 Å². The quantitative estimate of drug-likeness (QED) is 0.458. The van der Waals surface area contributed by atoms with E-state index in [4.69, 9.17) is 4.74 Å². The van der Waals surface area contributed by atoms with E-state index in [2.05, 4.69) is 20.5 Å². The van der Waals surface area contributed by atoms with Crippen LogP contribution in [0.1, 0.15) is 21.8 Å². The van der Waals surface area contributed by atoms with Gasteiger partial charge in [-0.05, 0) is 37.6 Å². The van der Waals surface area contributed by atoms with Gasteiger partial charge in [0, 0.05) is 10.4 Å². The van der Waals surface area contributed by atoms with E-state index >= 15 is 0 Å². The first kappa shape index (κ1) is 18.6. The van der Waals surface area contributed by atoms with Gasteiger partial charge in [0.25, 0.3) is 5.56 Å². The smallest absolute Gasteiger partial charge is 0.259 e. The van der Waals surface area contributed by atoms with Crippen molar-refractivity contribution in [3.63, 3.8) is 0 Å². The van der Waals surface area contributed by atoms with Crippen LogP contribution in [0.3, 0.4) is 0 Å². The zero-order chi connectivity index (χ0) is 19.6. The van der Waals surface area contributed by atoms with E-state index in [9.17, 15) is 14.7 Å². The average molecular weight is 386 g/mol. The zero-order valence-electron chi connectivity index (χ0n) is 15.0. The summed E-state index contributed by atoms with van der Waals surface area (Å²) in [6, 6.07) is 4.66. The van der Waals surface area contributed by atoms with Crippen molar-refractivity contribution < 1.29 is 14.6 Å². The van der Waals surface area contributed by atoms with E-state index in [0.717, 1.165) is 10.4 Å². The molecule has 0 bridgehead atoms. The Labute approximate surface area is 158 Å². The Bertz CT molecular complexity index is 1100. The molecule has 0 spiro atoms. The number of aromatic amines is 1. The number of aromatic hydroxyl groups is 1. The molecule has 1 amide bonds. The lowest BCUT2D eigenvalue weighted by atomic mass is 10.2. The maximum Gasteiger partial charge on any atom is 0.259 e. The lowest BCUT2D eigenvalue weighted by Crippen LogP contribution is -2.23. The number of hydrogen-bond donors (Lipinski definition) is 3. The van der Waals surface area contributed by atoms with E-state index < -0.39 is 5.91 Å². The molecular formula is C18H18N4O4S. The normalized spacial score (nSPS) is 11.2. The number of aryl methyl sites for hydroxylation is 2. The molecule has 0 saturated heterocycles. The lowest BCUT2D eigenvalue weighted by molar-refractivity contribution is -0.120. The number of amides is 1. The van der Waals surface area contributed by atoms with Gasteiger partial charge in [-0.15, -0.1) is 11.3 Å². The van der Waals surface area contributed by atoms with Crippen LogP contribution in [-0.2, 0) is 11.2 Å². The van der Waals surface area contributed by atoms with Crippen LogP contribution in [0.2, 0.25) is 0 Å². The molecule has 3 aromatic rings. The highest BCUT2D eigenvalue weighted by Gasteiger charge is 2.13. The molecule has 3 N–H and O–H groups in total. The van der Waals surface area contributed by atoms with Gasteiger partial charge in [-0.2, -0.15) is 5.10 Å². The molecule has 140 valence electrons. The molecular weight excluding hydrogens is 368 g/mol. The Morgan fingerprint density at radius 2 is 2.22 bits per heavy atom. The number of carbonyl (C=O) groups is 1. The summed E-state index contributed by atoms with van der Waals surface area (Å²) in [4.78, 5) is 32.9. The van der Waals surface area contributed by atoms with Gasteiger partial charge in [-0.25, -0.2) is 10.4 Å². The first-order valence-corrected chi connectivity index (χ1v) is 8.88. The molecule has 0 unspecified atom stereocenters. The van der Waals surface area contributed by atoms with Crippen LogP contribution in [0.4, 0.5) is 0 Å². The number of phenols is 1. The molecule has 0 atom stereocenters. The van der Waals surface area contributed by atoms with Crippen LogP contribution in [0, 0.1) is 13.8 Å². The van der Waals surface area contributed by atoms with E-state index in [0.29, 0.717) is 21.5 Å². The summed E-state index contributed by atoms with van der Waals surface area (Å²) in [5, 5.41) is 14.2. The number of nitrogens with one attached hydrogen (secondary N) is 2. The van der Waals surface area contributed by atoms with Crippen LogP contribution < -0.4 is 15.7 Å². The van der Waals surface area contributed by atoms with Crippen LogP contribution >= 0.6 is 11.3 Å². The first-order chi connectivity index (χ1) is 12.9. The summed E-state index contributed by atoms with van der Waals surface area (Å²) in [5.41, 5.74) is 3.39. The highest BCUT2D eigenvalue weighted by molar-refractivity contribution is 7.18. The molecule has 0 aliphatic rings. The second-order valence-corrected chi connectivity index (χ2v) is 7.07. The monoisotopic (exact) mass is 386 g/mol. The van der Waals surface area contributed by atoms with Crippen molar-refractivity contribution in [2.45, 2.75) is 20.3 Å². The Balaban J connectivity index is 1.71. The largest absolute Gasteiger partial charge is 0.507 e. The number of fused-ring (bicyclic) bond motifs is 1. The lowest BCUT2D eigenvalue weighted by Gasteiger charge is -2.03. The fourth-order valence-electron chi connectivity index (χ4n) is 2.51. The fraction of sp³-hybridized carbons (Fsp3) is 0.222. The molecule has 2 heterocycles. The molecule has 0 radical (unpaired) electrons. The third kappa shape index (κ3) is 3.98. The van der Waals surface area contributed by atoms with Gasteiger partial charge in [0.05, 0.1) is 25.1 Å². The molecule has 0 aliphatic carbocycles. The summed E-state index contributed by atoms with van der Waals surface area (Å²) in [6.45, 7) is 3.80. The minimum absolute atomic E-state index is 0.00804. The second-order valence-electron chi connectivity index (χ2n) is 5.87. The summed E-state index contributed by atoms with van der Waals surface area (Å²) in [7, 11) is 1.51. The number of aromatic nitrogens is 2. The average Bonchev–Trinajstić information content (AvgIpc) is 2.91. The van der Waals surface area contributed by atoms with Crippen LogP contribution in [-0.4, -0.2) is 34.3 Å². The number of H-pyrrole nitrogens is 1. The number of nitrogens with zero attached hydrogens (tertiary/aromatic N) is 2. The number of phenolic OH excluding ortho intramolecular Hbond substituents is 1. The van der Waals surface area contributed by atoms with Crippen LogP contribution in [0.15, 0.2) is 28.1 Å². The molecule has 3 rings (SSSR count). The Kier molecular flexibility index (Phi) is 5.22. The second kappa shape index (κ2) is 7.58. The standard InChI is InChI=1S/C18H18N4O4S/c1-9-10(2)27-18-16(9)17(25)20-14(21-18)7-15(24)22-19-8-11-6-12(26-3)4-5-13(11)23/h4-6,8,23H,7H2,1-3H3,(H,22,24)(H,20,21,25)/b19-8+. The predicted octanol–water partition coefficient (Wildman–Crippen LogP) is 2.01. The van der Waals surface area contributed by atoms with Crippen LogP contribution in [0.25, 0.3) is 10.2 Å². The van der Waals surface area contributed by atoms with Gasteiger partial charge in [0.15, 0.2) is 0 Å². The molecule has 27 heavy (non-hydrogen) atoms. The van der Waals surface area contributed by atoms with Crippen LogP contribution in [0.5, 0.6) is 11.5 Å². The van der Waals surface area contributed by atoms with E-state index in [1.54, 1.807) is 12.1 Å². The van der Waals surface area contributed by atoms with Crippen molar-refractivity contribution >= 4 is 33.7 Å². The number of hydrogen-bond acceptors (Lipinski definition) is 7. The summed E-state index contributed by atoms with van der Waals surface area (Å²) < 4.78 is 5.07. The molecule has 0 saturated carbocycles. The summed E-state index contributed by atoms with van der Waals surface area (Å²) in [6.07, 6.45) is 1.18. The predicted molar refractivity (Wildman–Crippen MR) is 104 cm³/mol. The molecule has 0 aliphatic heterocycles. The van der Waals surface area contributed by atoms with Gasteiger partial charge >= 0.3 is 0 Å². The number of benzene rings is 1. The number of hydrazone groups is 1. The van der Waals surface area contributed by atoms with Gasteiger partial charge in [0.2, 0.25) is 5.91 Å². The van der Waals surface area contributed by atoms with Gasteiger partial charge in [-0.1, -0.05) is 0 Å². The number of ether oxygens (including phenoxy) is 1.